The fraction of sp³-hybridized carbons (Fsp3) is 0.133. The van der Waals surface area contributed by atoms with E-state index >= 15 is 0 Å². The molecule has 0 aliphatic heterocycles. The number of nitrogens with one attached hydrogen (secondary N) is 1. The zero-order valence-corrected chi connectivity index (χ0v) is 11.3. The van der Waals surface area contributed by atoms with E-state index in [2.05, 4.69) is 51.5 Å². The molecule has 3 rings (SSSR count). The number of anilines is 1. The largest absolute Gasteiger partial charge is 0.378 e. The summed E-state index contributed by atoms with van der Waals surface area (Å²) in [6.45, 7) is 1.65. The van der Waals surface area contributed by atoms with Gasteiger partial charge in [0.2, 0.25) is 0 Å². The molecule has 0 aliphatic carbocycles. The van der Waals surface area contributed by atoms with Gasteiger partial charge in [-0.05, 0) is 28.0 Å². The van der Waals surface area contributed by atoms with E-state index in [0.717, 1.165) is 18.8 Å². The molecule has 2 heterocycles. The van der Waals surface area contributed by atoms with Gasteiger partial charge in [0.15, 0.2) is 0 Å². The van der Waals surface area contributed by atoms with Crippen molar-refractivity contribution < 1.29 is 0 Å². The lowest BCUT2D eigenvalue weighted by atomic mass is 10.2. The van der Waals surface area contributed by atoms with Crippen molar-refractivity contribution in [2.24, 2.45) is 0 Å². The lowest BCUT2D eigenvalue weighted by Gasteiger charge is -2.02. The lowest BCUT2D eigenvalue weighted by molar-refractivity contribution is 0.687. The number of benzene rings is 1. The van der Waals surface area contributed by atoms with E-state index in [4.69, 9.17) is 0 Å². The summed E-state index contributed by atoms with van der Waals surface area (Å²) in [7, 11) is 0. The quantitative estimate of drug-likeness (QED) is 0.767. The first-order valence-electron chi connectivity index (χ1n) is 6.21. The van der Waals surface area contributed by atoms with Gasteiger partial charge in [0, 0.05) is 12.7 Å². The molecule has 0 amide bonds. The van der Waals surface area contributed by atoms with E-state index in [-0.39, 0.29) is 0 Å². The maximum Gasteiger partial charge on any atom is 0.0729 e. The second-order valence-electron chi connectivity index (χ2n) is 4.40. The van der Waals surface area contributed by atoms with Crippen molar-refractivity contribution in [1.29, 1.82) is 0 Å². The van der Waals surface area contributed by atoms with Crippen molar-refractivity contribution >= 4 is 17.0 Å². The zero-order valence-electron chi connectivity index (χ0n) is 10.5. The Balaban J connectivity index is 1.60. The topological polar surface area (TPSA) is 29.9 Å². The first kappa shape index (κ1) is 12.0. The summed E-state index contributed by atoms with van der Waals surface area (Å²) < 4.78 is 1.95. The molecular weight excluding hydrogens is 254 g/mol. The van der Waals surface area contributed by atoms with Gasteiger partial charge < -0.3 is 5.32 Å². The lowest BCUT2D eigenvalue weighted by Crippen LogP contribution is -2.00. The molecule has 0 spiro atoms. The second kappa shape index (κ2) is 5.71. The molecule has 0 unspecified atom stereocenters. The molecule has 0 saturated carbocycles. The van der Waals surface area contributed by atoms with Gasteiger partial charge in [-0.25, -0.2) is 0 Å². The summed E-state index contributed by atoms with van der Waals surface area (Å²) in [6, 6.07) is 12.5. The third-order valence-corrected chi connectivity index (χ3v) is 3.63. The van der Waals surface area contributed by atoms with Crippen molar-refractivity contribution in [3.05, 3.63) is 70.7 Å². The van der Waals surface area contributed by atoms with Gasteiger partial charge in [0.25, 0.3) is 0 Å². The average Bonchev–Trinajstić information content (AvgIpc) is 3.09. The molecule has 0 saturated heterocycles. The molecule has 0 aliphatic rings. The maximum absolute atomic E-state index is 4.37. The van der Waals surface area contributed by atoms with Crippen LogP contribution in [0.15, 0.2) is 59.6 Å². The fourth-order valence-corrected chi connectivity index (χ4v) is 2.58. The standard InChI is InChI=1S/C15H15N3S/c1-2-4-13(5-3-1)10-18-11-15(9-17-18)16-8-14-6-7-19-12-14/h1-7,9,11-12,16H,8,10H2. The van der Waals surface area contributed by atoms with Crippen molar-refractivity contribution in [2.75, 3.05) is 5.32 Å². The monoisotopic (exact) mass is 269 g/mol. The molecule has 0 bridgehead atoms. The second-order valence-corrected chi connectivity index (χ2v) is 5.18. The van der Waals surface area contributed by atoms with Gasteiger partial charge in [0.05, 0.1) is 18.4 Å². The molecule has 0 fully saturated rings. The van der Waals surface area contributed by atoms with Gasteiger partial charge in [-0.2, -0.15) is 16.4 Å². The number of nitrogens with zero attached hydrogens (tertiary/aromatic N) is 2. The Kier molecular flexibility index (Phi) is 3.61. The Labute approximate surface area is 116 Å². The third kappa shape index (κ3) is 3.23. The minimum absolute atomic E-state index is 0.807. The highest BCUT2D eigenvalue weighted by molar-refractivity contribution is 7.07. The molecular formula is C15H15N3S. The zero-order chi connectivity index (χ0) is 12.9. The Morgan fingerprint density at radius 1 is 1.11 bits per heavy atom. The highest BCUT2D eigenvalue weighted by atomic mass is 32.1. The van der Waals surface area contributed by atoms with E-state index < -0.39 is 0 Å². The van der Waals surface area contributed by atoms with Crippen LogP contribution in [0.4, 0.5) is 5.69 Å². The number of aromatic nitrogens is 2. The SMILES string of the molecule is c1ccc(Cn2cc(NCc3ccsc3)cn2)cc1. The number of hydrogen-bond donors (Lipinski definition) is 1. The Bertz CT molecular complexity index is 614. The molecule has 3 aromatic rings. The van der Waals surface area contributed by atoms with Crippen molar-refractivity contribution in [2.45, 2.75) is 13.1 Å². The minimum atomic E-state index is 0.807. The van der Waals surface area contributed by atoms with E-state index in [1.165, 1.54) is 11.1 Å². The fourth-order valence-electron chi connectivity index (χ4n) is 1.91. The van der Waals surface area contributed by atoms with Crippen LogP contribution in [0.5, 0.6) is 0 Å². The highest BCUT2D eigenvalue weighted by Crippen LogP contribution is 2.11. The summed E-state index contributed by atoms with van der Waals surface area (Å²) in [6.07, 6.45) is 3.91. The van der Waals surface area contributed by atoms with E-state index in [9.17, 15) is 0 Å². The van der Waals surface area contributed by atoms with Crippen molar-refractivity contribution in [1.82, 2.24) is 9.78 Å². The minimum Gasteiger partial charge on any atom is -0.378 e. The molecule has 0 atom stereocenters. The molecule has 96 valence electrons. The van der Waals surface area contributed by atoms with E-state index in [0.29, 0.717) is 0 Å². The molecule has 2 aromatic heterocycles. The smallest absolute Gasteiger partial charge is 0.0729 e. The van der Waals surface area contributed by atoms with E-state index in [1.54, 1.807) is 11.3 Å². The summed E-state index contributed by atoms with van der Waals surface area (Å²) in [5.74, 6) is 0. The van der Waals surface area contributed by atoms with Crippen LogP contribution < -0.4 is 5.32 Å². The Morgan fingerprint density at radius 2 is 2.00 bits per heavy atom. The third-order valence-electron chi connectivity index (χ3n) is 2.90. The summed E-state index contributed by atoms with van der Waals surface area (Å²) in [4.78, 5) is 0. The van der Waals surface area contributed by atoms with Gasteiger partial charge in [-0.1, -0.05) is 30.3 Å². The van der Waals surface area contributed by atoms with Crippen LogP contribution in [0, 0.1) is 0 Å². The molecule has 4 heteroatoms. The van der Waals surface area contributed by atoms with Crippen LogP contribution in [-0.2, 0) is 13.1 Å². The van der Waals surface area contributed by atoms with Crippen molar-refractivity contribution in [3.63, 3.8) is 0 Å². The highest BCUT2D eigenvalue weighted by Gasteiger charge is 2.00. The van der Waals surface area contributed by atoms with Gasteiger partial charge >= 0.3 is 0 Å². The summed E-state index contributed by atoms with van der Waals surface area (Å²) >= 11 is 1.72. The predicted octanol–water partition coefficient (Wildman–Crippen LogP) is 3.61. The van der Waals surface area contributed by atoms with Crippen LogP contribution in [-0.4, -0.2) is 9.78 Å². The summed E-state index contributed by atoms with van der Waals surface area (Å²) in [5, 5.41) is 12.0. The molecule has 0 radical (unpaired) electrons. The first-order valence-corrected chi connectivity index (χ1v) is 7.16. The number of hydrogen-bond acceptors (Lipinski definition) is 3. The normalized spacial score (nSPS) is 10.5. The Hall–Kier alpha value is -2.07. The maximum atomic E-state index is 4.37. The van der Waals surface area contributed by atoms with Gasteiger partial charge in [-0.3, -0.25) is 4.68 Å². The van der Waals surface area contributed by atoms with Gasteiger partial charge in [-0.15, -0.1) is 0 Å². The van der Waals surface area contributed by atoms with Crippen molar-refractivity contribution in [3.8, 4) is 0 Å². The first-order chi connectivity index (χ1) is 9.40. The molecule has 1 aromatic carbocycles. The van der Waals surface area contributed by atoms with Crippen LogP contribution in [0.25, 0.3) is 0 Å². The van der Waals surface area contributed by atoms with Crippen LogP contribution in [0.3, 0.4) is 0 Å². The number of thiophene rings is 1. The molecule has 3 nitrogen and oxygen atoms in total. The summed E-state index contributed by atoms with van der Waals surface area (Å²) in [5.41, 5.74) is 3.62. The predicted molar refractivity (Wildman–Crippen MR) is 79.4 cm³/mol. The van der Waals surface area contributed by atoms with Crippen LogP contribution in [0.2, 0.25) is 0 Å². The molecule has 1 N–H and O–H groups in total. The van der Waals surface area contributed by atoms with Gasteiger partial charge in [0.1, 0.15) is 0 Å². The van der Waals surface area contributed by atoms with Crippen LogP contribution >= 0.6 is 11.3 Å². The average molecular weight is 269 g/mol. The molecule has 19 heavy (non-hydrogen) atoms. The van der Waals surface area contributed by atoms with E-state index in [1.807, 2.05) is 23.1 Å². The number of rotatable bonds is 5. The van der Waals surface area contributed by atoms with Crippen LogP contribution in [0.1, 0.15) is 11.1 Å². The Morgan fingerprint density at radius 3 is 2.79 bits per heavy atom.